The van der Waals surface area contributed by atoms with Gasteiger partial charge in [-0.25, -0.2) is 4.39 Å². The number of halogens is 1. The summed E-state index contributed by atoms with van der Waals surface area (Å²) in [5.41, 5.74) is 2.01. The first-order chi connectivity index (χ1) is 11.7. The summed E-state index contributed by atoms with van der Waals surface area (Å²) < 4.78 is 18.6. The summed E-state index contributed by atoms with van der Waals surface area (Å²) >= 11 is 0. The molecular formula is C20H22FNO2. The molecule has 0 spiro atoms. The molecule has 2 aromatic rings. The smallest absolute Gasteiger partial charge is 0.223 e. The topological polar surface area (TPSA) is 29.5 Å². The number of aryl methyl sites for hydroxylation is 1. The van der Waals surface area contributed by atoms with Crippen LogP contribution >= 0.6 is 0 Å². The molecule has 1 atom stereocenters. The van der Waals surface area contributed by atoms with Crippen LogP contribution in [0.25, 0.3) is 0 Å². The van der Waals surface area contributed by atoms with E-state index >= 15 is 0 Å². The number of likely N-dealkylation sites (tertiary alicyclic amines) is 1. The largest absolute Gasteiger partial charge is 0.497 e. The number of ether oxygens (including phenoxy) is 1. The molecule has 0 radical (unpaired) electrons. The van der Waals surface area contributed by atoms with Crippen LogP contribution in [0.3, 0.4) is 0 Å². The van der Waals surface area contributed by atoms with Crippen LogP contribution < -0.4 is 4.74 Å². The van der Waals surface area contributed by atoms with E-state index in [4.69, 9.17) is 4.74 Å². The third-order valence-electron chi connectivity index (χ3n) is 4.59. The van der Waals surface area contributed by atoms with E-state index < -0.39 is 0 Å². The van der Waals surface area contributed by atoms with Gasteiger partial charge in [-0.15, -0.1) is 0 Å². The summed E-state index contributed by atoms with van der Waals surface area (Å²) in [6, 6.07) is 14.4. The number of nitrogens with zero attached hydrogens (tertiary/aromatic N) is 1. The first kappa shape index (κ1) is 16.5. The molecule has 1 fully saturated rings. The summed E-state index contributed by atoms with van der Waals surface area (Å²) in [5, 5.41) is 0. The molecule has 4 heteroatoms. The molecule has 0 unspecified atom stereocenters. The van der Waals surface area contributed by atoms with E-state index in [9.17, 15) is 9.18 Å². The fourth-order valence-electron chi connectivity index (χ4n) is 3.31. The third-order valence-corrected chi connectivity index (χ3v) is 4.59. The van der Waals surface area contributed by atoms with Gasteiger partial charge >= 0.3 is 0 Å². The van der Waals surface area contributed by atoms with Crippen molar-refractivity contribution in [3.63, 3.8) is 0 Å². The second-order valence-electron chi connectivity index (χ2n) is 6.15. The van der Waals surface area contributed by atoms with Crippen molar-refractivity contribution in [1.29, 1.82) is 0 Å². The molecule has 0 saturated carbocycles. The molecule has 1 heterocycles. The molecule has 0 bridgehead atoms. The Morgan fingerprint density at radius 3 is 2.75 bits per heavy atom. The van der Waals surface area contributed by atoms with Crippen LogP contribution in [-0.4, -0.2) is 24.5 Å². The van der Waals surface area contributed by atoms with Gasteiger partial charge in [-0.05, 0) is 54.7 Å². The molecule has 3 nitrogen and oxygen atoms in total. The average molecular weight is 327 g/mol. The molecule has 1 saturated heterocycles. The minimum Gasteiger partial charge on any atom is -0.497 e. The van der Waals surface area contributed by atoms with Crippen molar-refractivity contribution in [3.8, 4) is 5.75 Å². The van der Waals surface area contributed by atoms with Crippen molar-refractivity contribution in [2.24, 2.45) is 0 Å². The quantitative estimate of drug-likeness (QED) is 0.826. The van der Waals surface area contributed by atoms with Crippen molar-refractivity contribution in [2.75, 3.05) is 13.7 Å². The lowest BCUT2D eigenvalue weighted by Crippen LogP contribution is -2.30. The van der Waals surface area contributed by atoms with Crippen molar-refractivity contribution in [1.82, 2.24) is 4.90 Å². The van der Waals surface area contributed by atoms with Crippen LogP contribution in [0.1, 0.15) is 36.4 Å². The Labute approximate surface area is 142 Å². The van der Waals surface area contributed by atoms with E-state index in [0.717, 1.165) is 36.3 Å². The monoisotopic (exact) mass is 327 g/mol. The fraction of sp³-hybridized carbons (Fsp3) is 0.350. The Balaban J connectivity index is 1.63. The lowest BCUT2D eigenvalue weighted by atomic mass is 10.0. The SMILES string of the molecule is COc1ccc(CCC(=O)N2CCC[C@@H]2c2cccc(F)c2)cc1. The molecule has 1 aliphatic rings. The highest BCUT2D eigenvalue weighted by atomic mass is 19.1. The van der Waals surface area contributed by atoms with Gasteiger partial charge in [0.2, 0.25) is 5.91 Å². The average Bonchev–Trinajstić information content (AvgIpc) is 3.10. The molecule has 24 heavy (non-hydrogen) atoms. The summed E-state index contributed by atoms with van der Waals surface area (Å²) in [7, 11) is 1.64. The van der Waals surface area contributed by atoms with Gasteiger partial charge in [-0.2, -0.15) is 0 Å². The molecule has 0 aromatic heterocycles. The van der Waals surface area contributed by atoms with Gasteiger partial charge in [0.15, 0.2) is 0 Å². The van der Waals surface area contributed by atoms with E-state index in [-0.39, 0.29) is 17.8 Å². The zero-order valence-electron chi connectivity index (χ0n) is 13.9. The predicted molar refractivity (Wildman–Crippen MR) is 91.4 cm³/mol. The van der Waals surface area contributed by atoms with Crippen LogP contribution in [0.15, 0.2) is 48.5 Å². The molecule has 1 amide bonds. The van der Waals surface area contributed by atoms with E-state index in [1.807, 2.05) is 35.2 Å². The molecular weight excluding hydrogens is 305 g/mol. The highest BCUT2D eigenvalue weighted by Gasteiger charge is 2.29. The van der Waals surface area contributed by atoms with Gasteiger partial charge in [0.05, 0.1) is 13.2 Å². The fourth-order valence-corrected chi connectivity index (χ4v) is 3.31. The van der Waals surface area contributed by atoms with Gasteiger partial charge in [0, 0.05) is 13.0 Å². The van der Waals surface area contributed by atoms with Crippen LogP contribution in [0.2, 0.25) is 0 Å². The highest BCUT2D eigenvalue weighted by Crippen LogP contribution is 2.32. The maximum atomic E-state index is 13.5. The van der Waals surface area contributed by atoms with Crippen molar-refractivity contribution >= 4 is 5.91 Å². The Morgan fingerprint density at radius 2 is 2.04 bits per heavy atom. The second-order valence-corrected chi connectivity index (χ2v) is 6.15. The summed E-state index contributed by atoms with van der Waals surface area (Å²) in [5.74, 6) is 0.707. The summed E-state index contributed by atoms with van der Waals surface area (Å²) in [4.78, 5) is 14.5. The van der Waals surface area contributed by atoms with Gasteiger partial charge in [-0.1, -0.05) is 24.3 Å². The van der Waals surface area contributed by atoms with Crippen molar-refractivity contribution in [3.05, 3.63) is 65.5 Å². The van der Waals surface area contributed by atoms with Crippen molar-refractivity contribution < 1.29 is 13.9 Å². The Kier molecular flexibility index (Phi) is 5.14. The van der Waals surface area contributed by atoms with Gasteiger partial charge in [0.1, 0.15) is 11.6 Å². The Bertz CT molecular complexity index is 699. The number of hydrogen-bond acceptors (Lipinski definition) is 2. The maximum absolute atomic E-state index is 13.5. The van der Waals surface area contributed by atoms with E-state index in [1.165, 1.54) is 6.07 Å². The number of amides is 1. The van der Waals surface area contributed by atoms with Crippen LogP contribution in [0, 0.1) is 5.82 Å². The minimum atomic E-state index is -0.245. The number of rotatable bonds is 5. The van der Waals surface area contributed by atoms with Crippen LogP contribution in [0.4, 0.5) is 4.39 Å². The highest BCUT2D eigenvalue weighted by molar-refractivity contribution is 5.77. The van der Waals surface area contributed by atoms with E-state index in [0.29, 0.717) is 12.8 Å². The minimum absolute atomic E-state index is 0.00377. The Morgan fingerprint density at radius 1 is 1.25 bits per heavy atom. The summed E-state index contributed by atoms with van der Waals surface area (Å²) in [6.45, 7) is 0.753. The van der Waals surface area contributed by atoms with E-state index in [2.05, 4.69) is 0 Å². The first-order valence-electron chi connectivity index (χ1n) is 8.35. The van der Waals surface area contributed by atoms with Gasteiger partial charge < -0.3 is 9.64 Å². The number of benzene rings is 2. The molecule has 126 valence electrons. The zero-order valence-corrected chi connectivity index (χ0v) is 13.9. The number of carbonyl (C=O) groups excluding carboxylic acids is 1. The molecule has 1 aliphatic heterocycles. The third kappa shape index (κ3) is 3.75. The standard InChI is InChI=1S/C20H22FNO2/c1-24-18-10-7-15(8-11-18)9-12-20(23)22-13-3-6-19(22)16-4-2-5-17(21)14-16/h2,4-5,7-8,10-11,14,19H,3,6,9,12-13H2,1H3/t19-/m1/s1. The summed E-state index contributed by atoms with van der Waals surface area (Å²) in [6.07, 6.45) is 3.04. The van der Waals surface area contributed by atoms with Crippen LogP contribution in [0.5, 0.6) is 5.75 Å². The van der Waals surface area contributed by atoms with Gasteiger partial charge in [0.25, 0.3) is 0 Å². The number of methoxy groups -OCH3 is 1. The molecule has 0 N–H and O–H groups in total. The normalized spacial score (nSPS) is 17.1. The lowest BCUT2D eigenvalue weighted by Gasteiger charge is -2.25. The van der Waals surface area contributed by atoms with E-state index in [1.54, 1.807) is 19.2 Å². The maximum Gasteiger partial charge on any atom is 0.223 e. The Hall–Kier alpha value is -2.36. The zero-order chi connectivity index (χ0) is 16.9. The van der Waals surface area contributed by atoms with Crippen molar-refractivity contribution in [2.45, 2.75) is 31.7 Å². The molecule has 0 aliphatic carbocycles. The van der Waals surface area contributed by atoms with Crippen LogP contribution in [-0.2, 0) is 11.2 Å². The van der Waals surface area contributed by atoms with Gasteiger partial charge in [-0.3, -0.25) is 4.79 Å². The lowest BCUT2D eigenvalue weighted by molar-refractivity contribution is -0.132. The second kappa shape index (κ2) is 7.47. The molecule has 3 rings (SSSR count). The number of hydrogen-bond donors (Lipinski definition) is 0. The number of carbonyl (C=O) groups is 1. The first-order valence-corrected chi connectivity index (χ1v) is 8.35. The molecule has 2 aromatic carbocycles. The predicted octanol–water partition coefficient (Wildman–Crippen LogP) is 4.13.